The van der Waals surface area contributed by atoms with E-state index in [1.165, 1.54) is 16.3 Å². The van der Waals surface area contributed by atoms with Crippen LogP contribution in [0.3, 0.4) is 0 Å². The molecule has 0 atom stereocenters. The van der Waals surface area contributed by atoms with Gasteiger partial charge in [0.05, 0.1) is 6.61 Å². The van der Waals surface area contributed by atoms with Gasteiger partial charge in [-0.2, -0.15) is 0 Å². The van der Waals surface area contributed by atoms with Gasteiger partial charge in [-0.05, 0) is 41.0 Å². The van der Waals surface area contributed by atoms with Crippen molar-refractivity contribution < 1.29 is 4.74 Å². The maximum Gasteiger partial charge on any atom is 0.119 e. The number of benzene rings is 2. The Balaban J connectivity index is 2.00. The molecule has 0 saturated carbocycles. The van der Waals surface area contributed by atoms with Crippen molar-refractivity contribution in [2.75, 3.05) is 6.61 Å². The van der Waals surface area contributed by atoms with Crippen molar-refractivity contribution >= 4 is 16.8 Å². The molecule has 0 saturated heterocycles. The zero-order chi connectivity index (χ0) is 11.5. The summed E-state index contributed by atoms with van der Waals surface area (Å²) >= 11 is 0. The first kappa shape index (κ1) is 10.2. The highest BCUT2D eigenvalue weighted by molar-refractivity contribution is 5.84. The second-order valence-electron chi connectivity index (χ2n) is 4.19. The van der Waals surface area contributed by atoms with Crippen LogP contribution in [0, 0.1) is 0 Å². The molecule has 0 aliphatic carbocycles. The van der Waals surface area contributed by atoms with Crippen LogP contribution in [0.25, 0.3) is 16.8 Å². The lowest BCUT2D eigenvalue weighted by Crippen LogP contribution is -1.96. The molecule has 1 nitrogen and oxygen atoms in total. The third-order valence-electron chi connectivity index (χ3n) is 2.92. The number of fused-ring (bicyclic) bond motifs is 1. The fraction of sp³-hybridized carbons (Fsp3) is 0.125. The van der Waals surface area contributed by atoms with Crippen LogP contribution < -0.4 is 0 Å². The van der Waals surface area contributed by atoms with Gasteiger partial charge < -0.3 is 4.74 Å². The Morgan fingerprint density at radius 1 is 1.00 bits per heavy atom. The first-order valence-corrected chi connectivity index (χ1v) is 5.92. The average molecular weight is 222 g/mol. The fourth-order valence-corrected chi connectivity index (χ4v) is 2.04. The van der Waals surface area contributed by atoms with E-state index in [0.717, 1.165) is 18.8 Å². The van der Waals surface area contributed by atoms with Crippen LogP contribution in [0.4, 0.5) is 0 Å². The van der Waals surface area contributed by atoms with Gasteiger partial charge in [-0.15, -0.1) is 0 Å². The average Bonchev–Trinajstić information content (AvgIpc) is 2.40. The maximum atomic E-state index is 5.57. The Morgan fingerprint density at radius 2 is 1.88 bits per heavy atom. The van der Waals surface area contributed by atoms with Gasteiger partial charge in [0.25, 0.3) is 0 Å². The molecule has 84 valence electrons. The Kier molecular flexibility index (Phi) is 2.66. The summed E-state index contributed by atoms with van der Waals surface area (Å²) in [5.41, 5.74) is 1.19. The molecule has 1 aliphatic heterocycles. The van der Waals surface area contributed by atoms with Crippen molar-refractivity contribution in [1.29, 1.82) is 0 Å². The molecule has 17 heavy (non-hydrogen) atoms. The lowest BCUT2D eigenvalue weighted by Gasteiger charge is -2.10. The standard InChI is InChI=1S/C16H14O/c1-2-6-15-11-13(8-9-14(15)5-1)12-16-7-3-4-10-17-16/h1-3,5-9,11-12H,4,10H2/b16-12-. The number of rotatable bonds is 1. The SMILES string of the molecule is C1=C/C(=C/c2ccc3ccccc3c2)OCC1. The number of hydrogen-bond donors (Lipinski definition) is 0. The minimum Gasteiger partial charge on any atom is -0.493 e. The van der Waals surface area contributed by atoms with Crippen LogP contribution in [0.2, 0.25) is 0 Å². The number of hydrogen-bond acceptors (Lipinski definition) is 1. The second kappa shape index (κ2) is 4.46. The molecule has 1 aliphatic rings. The van der Waals surface area contributed by atoms with Gasteiger partial charge in [0.1, 0.15) is 5.76 Å². The van der Waals surface area contributed by atoms with Crippen molar-refractivity contribution in [1.82, 2.24) is 0 Å². The molecular weight excluding hydrogens is 208 g/mol. The molecule has 0 radical (unpaired) electrons. The third-order valence-corrected chi connectivity index (χ3v) is 2.92. The van der Waals surface area contributed by atoms with Gasteiger partial charge in [-0.3, -0.25) is 0 Å². The molecular formula is C16H14O. The number of ether oxygens (including phenoxy) is 1. The highest BCUT2D eigenvalue weighted by atomic mass is 16.5. The third kappa shape index (κ3) is 2.23. The smallest absolute Gasteiger partial charge is 0.119 e. The molecule has 0 spiro atoms. The van der Waals surface area contributed by atoms with E-state index >= 15 is 0 Å². The van der Waals surface area contributed by atoms with E-state index in [2.05, 4.69) is 54.6 Å². The molecule has 1 heterocycles. The number of allylic oxidation sites excluding steroid dienone is 1. The Labute approximate surface area is 101 Å². The van der Waals surface area contributed by atoms with E-state index in [1.54, 1.807) is 0 Å². The van der Waals surface area contributed by atoms with Gasteiger partial charge >= 0.3 is 0 Å². The molecule has 0 amide bonds. The minimum atomic E-state index is 0.788. The van der Waals surface area contributed by atoms with E-state index in [0.29, 0.717) is 0 Å². The van der Waals surface area contributed by atoms with E-state index in [9.17, 15) is 0 Å². The summed E-state index contributed by atoms with van der Waals surface area (Å²) in [4.78, 5) is 0. The predicted octanol–water partition coefficient (Wildman–Crippen LogP) is 4.16. The molecule has 0 bridgehead atoms. The highest BCUT2D eigenvalue weighted by Crippen LogP contribution is 2.19. The van der Waals surface area contributed by atoms with Gasteiger partial charge in [0.15, 0.2) is 0 Å². The Morgan fingerprint density at radius 3 is 2.71 bits per heavy atom. The summed E-state index contributed by atoms with van der Waals surface area (Å²) < 4.78 is 5.57. The molecule has 0 fully saturated rings. The molecule has 1 heteroatoms. The minimum absolute atomic E-state index is 0.788. The van der Waals surface area contributed by atoms with Crippen molar-refractivity contribution in [3.8, 4) is 0 Å². The van der Waals surface area contributed by atoms with Gasteiger partial charge in [-0.1, -0.05) is 42.5 Å². The van der Waals surface area contributed by atoms with Crippen LogP contribution in [0.5, 0.6) is 0 Å². The largest absolute Gasteiger partial charge is 0.493 e. The molecule has 2 aromatic carbocycles. The van der Waals surface area contributed by atoms with Crippen molar-refractivity contribution in [2.24, 2.45) is 0 Å². The zero-order valence-electron chi connectivity index (χ0n) is 9.60. The van der Waals surface area contributed by atoms with Gasteiger partial charge in [0.2, 0.25) is 0 Å². The van der Waals surface area contributed by atoms with E-state index in [-0.39, 0.29) is 0 Å². The quantitative estimate of drug-likeness (QED) is 0.704. The van der Waals surface area contributed by atoms with Crippen LogP contribution in [0.15, 0.2) is 60.4 Å². The van der Waals surface area contributed by atoms with Crippen molar-refractivity contribution in [3.05, 3.63) is 65.9 Å². The van der Waals surface area contributed by atoms with Crippen LogP contribution in [0.1, 0.15) is 12.0 Å². The monoisotopic (exact) mass is 222 g/mol. The Hall–Kier alpha value is -2.02. The fourth-order valence-electron chi connectivity index (χ4n) is 2.04. The highest BCUT2D eigenvalue weighted by Gasteiger charge is 2.00. The van der Waals surface area contributed by atoms with Crippen molar-refractivity contribution in [2.45, 2.75) is 6.42 Å². The normalized spacial score (nSPS) is 17.3. The molecule has 0 unspecified atom stereocenters. The summed E-state index contributed by atoms with van der Waals surface area (Å²) in [6, 6.07) is 14.9. The molecule has 2 aromatic rings. The van der Waals surface area contributed by atoms with Crippen LogP contribution in [-0.4, -0.2) is 6.61 Å². The summed E-state index contributed by atoms with van der Waals surface area (Å²) in [5, 5.41) is 2.54. The Bertz CT molecular complexity index is 593. The van der Waals surface area contributed by atoms with Crippen LogP contribution in [-0.2, 0) is 4.74 Å². The second-order valence-corrected chi connectivity index (χ2v) is 4.19. The van der Waals surface area contributed by atoms with E-state index in [4.69, 9.17) is 4.74 Å². The first-order chi connectivity index (χ1) is 8.42. The molecule has 3 rings (SSSR count). The van der Waals surface area contributed by atoms with Crippen LogP contribution >= 0.6 is 0 Å². The van der Waals surface area contributed by atoms with E-state index < -0.39 is 0 Å². The lowest BCUT2D eigenvalue weighted by atomic mass is 10.1. The summed E-state index contributed by atoms with van der Waals surface area (Å²) in [6.07, 6.45) is 7.28. The van der Waals surface area contributed by atoms with E-state index in [1.807, 2.05) is 6.08 Å². The van der Waals surface area contributed by atoms with Crippen molar-refractivity contribution in [3.63, 3.8) is 0 Å². The first-order valence-electron chi connectivity index (χ1n) is 5.92. The summed E-state index contributed by atoms with van der Waals surface area (Å²) in [7, 11) is 0. The summed E-state index contributed by atoms with van der Waals surface area (Å²) in [6.45, 7) is 0.788. The maximum absolute atomic E-state index is 5.57. The van der Waals surface area contributed by atoms with Gasteiger partial charge in [-0.25, -0.2) is 0 Å². The molecule has 0 N–H and O–H groups in total. The lowest BCUT2D eigenvalue weighted by molar-refractivity contribution is 0.225. The summed E-state index contributed by atoms with van der Waals surface area (Å²) in [5.74, 6) is 0.950. The molecule has 0 aromatic heterocycles. The predicted molar refractivity (Wildman–Crippen MR) is 71.6 cm³/mol. The van der Waals surface area contributed by atoms with Gasteiger partial charge in [0, 0.05) is 0 Å². The topological polar surface area (TPSA) is 9.23 Å². The zero-order valence-corrected chi connectivity index (χ0v) is 9.60.